The summed E-state index contributed by atoms with van der Waals surface area (Å²) in [6, 6.07) is 9.92. The Bertz CT molecular complexity index is 540. The summed E-state index contributed by atoms with van der Waals surface area (Å²) in [4.78, 5) is 26.6. The Morgan fingerprint density at radius 3 is 2.61 bits per heavy atom. The minimum absolute atomic E-state index is 0.105. The van der Waals surface area contributed by atoms with E-state index in [4.69, 9.17) is 0 Å². The molecule has 1 saturated carbocycles. The van der Waals surface area contributed by atoms with Crippen molar-refractivity contribution in [2.75, 3.05) is 13.1 Å². The maximum Gasteiger partial charge on any atom is 0.223 e. The molecule has 4 nitrogen and oxygen atoms in total. The van der Waals surface area contributed by atoms with E-state index in [0.29, 0.717) is 13.0 Å². The van der Waals surface area contributed by atoms with Gasteiger partial charge in [0.15, 0.2) is 0 Å². The van der Waals surface area contributed by atoms with Crippen LogP contribution in [0.4, 0.5) is 0 Å². The van der Waals surface area contributed by atoms with E-state index in [1.165, 1.54) is 0 Å². The number of amides is 2. The van der Waals surface area contributed by atoms with E-state index in [2.05, 4.69) is 5.32 Å². The molecule has 1 N–H and O–H groups in total. The van der Waals surface area contributed by atoms with Gasteiger partial charge in [-0.2, -0.15) is 0 Å². The Hall–Kier alpha value is -1.84. The number of nitrogens with zero attached hydrogens (tertiary/aromatic N) is 1. The van der Waals surface area contributed by atoms with E-state index in [-0.39, 0.29) is 23.8 Å². The van der Waals surface area contributed by atoms with Gasteiger partial charge in [0.1, 0.15) is 0 Å². The minimum Gasteiger partial charge on any atom is -0.347 e. The smallest absolute Gasteiger partial charge is 0.223 e. The van der Waals surface area contributed by atoms with Gasteiger partial charge in [0.25, 0.3) is 0 Å². The van der Waals surface area contributed by atoms with Crippen LogP contribution >= 0.6 is 0 Å². The molecule has 23 heavy (non-hydrogen) atoms. The largest absolute Gasteiger partial charge is 0.347 e. The molecule has 1 aliphatic heterocycles. The third kappa shape index (κ3) is 4.12. The first-order chi connectivity index (χ1) is 11.2. The normalized spacial score (nSPS) is 20.5. The summed E-state index contributed by atoms with van der Waals surface area (Å²) >= 11 is 0. The molecule has 0 aromatic heterocycles. The van der Waals surface area contributed by atoms with Gasteiger partial charge in [-0.05, 0) is 31.2 Å². The summed E-state index contributed by atoms with van der Waals surface area (Å²) in [5.41, 5.74) is 1.08. The molecule has 2 amide bonds. The van der Waals surface area contributed by atoms with Crippen LogP contribution in [-0.4, -0.2) is 29.8 Å². The lowest BCUT2D eigenvalue weighted by Crippen LogP contribution is -2.43. The number of benzene rings is 1. The zero-order chi connectivity index (χ0) is 16.1. The monoisotopic (exact) mass is 314 g/mol. The van der Waals surface area contributed by atoms with Crippen LogP contribution in [0.25, 0.3) is 0 Å². The average molecular weight is 314 g/mol. The van der Waals surface area contributed by atoms with Crippen LogP contribution in [0.2, 0.25) is 0 Å². The van der Waals surface area contributed by atoms with Crippen molar-refractivity contribution in [3.05, 3.63) is 35.9 Å². The molecule has 1 aromatic rings. The molecular weight excluding hydrogens is 288 g/mol. The van der Waals surface area contributed by atoms with E-state index < -0.39 is 0 Å². The van der Waals surface area contributed by atoms with Gasteiger partial charge in [-0.1, -0.05) is 43.2 Å². The minimum atomic E-state index is -0.105. The molecule has 0 bridgehead atoms. The van der Waals surface area contributed by atoms with Gasteiger partial charge in [-0.15, -0.1) is 0 Å². The fraction of sp³-hybridized carbons (Fsp3) is 0.579. The van der Waals surface area contributed by atoms with Crippen LogP contribution in [0, 0.1) is 5.92 Å². The molecule has 1 saturated heterocycles. The highest BCUT2D eigenvalue weighted by atomic mass is 16.2. The zero-order valence-electron chi connectivity index (χ0n) is 13.7. The lowest BCUT2D eigenvalue weighted by molar-refractivity contribution is -0.133. The summed E-state index contributed by atoms with van der Waals surface area (Å²) in [6.07, 6.45) is 6.94. The standard InChI is InChI=1S/C19H26N2O2/c22-18-12-5-2-6-13-21(18)14-17(15-8-3-1-4-9-15)20-19(23)16-10-7-11-16/h1,3-4,8-9,16-17H,2,5-7,10-14H2,(H,20,23)/t17-/m1/s1. The van der Waals surface area contributed by atoms with Gasteiger partial charge in [0.05, 0.1) is 6.04 Å². The van der Waals surface area contributed by atoms with Crippen LogP contribution in [0.15, 0.2) is 30.3 Å². The molecule has 124 valence electrons. The summed E-state index contributed by atoms with van der Waals surface area (Å²) < 4.78 is 0. The highest BCUT2D eigenvalue weighted by Gasteiger charge is 2.29. The molecule has 1 heterocycles. The highest BCUT2D eigenvalue weighted by molar-refractivity contribution is 5.80. The highest BCUT2D eigenvalue weighted by Crippen LogP contribution is 2.27. The lowest BCUT2D eigenvalue weighted by atomic mass is 9.84. The summed E-state index contributed by atoms with van der Waals surface area (Å²) in [7, 11) is 0. The number of hydrogen-bond acceptors (Lipinski definition) is 2. The fourth-order valence-electron chi connectivity index (χ4n) is 3.33. The summed E-state index contributed by atoms with van der Waals surface area (Å²) in [5, 5.41) is 3.19. The molecule has 1 aliphatic carbocycles. The number of nitrogens with one attached hydrogen (secondary N) is 1. The van der Waals surface area contributed by atoms with E-state index in [1.54, 1.807) is 0 Å². The van der Waals surface area contributed by atoms with Crippen molar-refractivity contribution < 1.29 is 9.59 Å². The Morgan fingerprint density at radius 2 is 1.91 bits per heavy atom. The Labute approximate surface area is 138 Å². The molecular formula is C19H26N2O2. The number of rotatable bonds is 5. The molecule has 0 unspecified atom stereocenters. The van der Waals surface area contributed by atoms with E-state index in [0.717, 1.165) is 50.6 Å². The van der Waals surface area contributed by atoms with Crippen molar-refractivity contribution >= 4 is 11.8 Å². The van der Waals surface area contributed by atoms with Crippen molar-refractivity contribution in [1.29, 1.82) is 0 Å². The predicted molar refractivity (Wildman–Crippen MR) is 89.7 cm³/mol. The fourth-order valence-corrected chi connectivity index (χ4v) is 3.33. The van der Waals surface area contributed by atoms with Crippen LogP contribution in [0.5, 0.6) is 0 Å². The van der Waals surface area contributed by atoms with Gasteiger partial charge in [-0.25, -0.2) is 0 Å². The maximum atomic E-state index is 12.4. The molecule has 1 aromatic carbocycles. The molecule has 3 rings (SSSR count). The number of likely N-dealkylation sites (tertiary alicyclic amines) is 1. The second kappa shape index (κ2) is 7.62. The van der Waals surface area contributed by atoms with E-state index >= 15 is 0 Å². The van der Waals surface area contributed by atoms with Crippen molar-refractivity contribution in [1.82, 2.24) is 10.2 Å². The maximum absolute atomic E-state index is 12.4. The van der Waals surface area contributed by atoms with Crippen molar-refractivity contribution in [2.45, 2.75) is 51.0 Å². The van der Waals surface area contributed by atoms with Crippen LogP contribution in [0.3, 0.4) is 0 Å². The van der Waals surface area contributed by atoms with E-state index in [1.807, 2.05) is 35.2 Å². The Kier molecular flexibility index (Phi) is 5.31. The zero-order valence-corrected chi connectivity index (χ0v) is 13.7. The number of carbonyl (C=O) groups excluding carboxylic acids is 2. The SMILES string of the molecule is O=C(N[C@H](CN1CCCCCC1=O)c1ccccc1)C1CCC1. The van der Waals surface area contributed by atoms with E-state index in [9.17, 15) is 9.59 Å². The molecule has 0 radical (unpaired) electrons. The molecule has 2 fully saturated rings. The summed E-state index contributed by atoms with van der Waals surface area (Å²) in [6.45, 7) is 1.39. The van der Waals surface area contributed by atoms with Gasteiger partial charge < -0.3 is 10.2 Å². The van der Waals surface area contributed by atoms with Gasteiger partial charge in [-0.3, -0.25) is 9.59 Å². The Balaban J connectivity index is 1.71. The molecule has 1 atom stereocenters. The first kappa shape index (κ1) is 16.0. The van der Waals surface area contributed by atoms with Crippen LogP contribution < -0.4 is 5.32 Å². The third-order valence-electron chi connectivity index (χ3n) is 5.07. The molecule has 0 spiro atoms. The predicted octanol–water partition coefficient (Wildman–Crippen LogP) is 3.05. The topological polar surface area (TPSA) is 49.4 Å². The lowest BCUT2D eigenvalue weighted by Gasteiger charge is -2.31. The van der Waals surface area contributed by atoms with Gasteiger partial charge in [0.2, 0.25) is 11.8 Å². The average Bonchev–Trinajstić information content (AvgIpc) is 2.71. The molecule has 4 heteroatoms. The van der Waals surface area contributed by atoms with Gasteiger partial charge >= 0.3 is 0 Å². The summed E-state index contributed by atoms with van der Waals surface area (Å²) in [5.74, 6) is 0.537. The second-order valence-electron chi connectivity index (χ2n) is 6.75. The third-order valence-corrected chi connectivity index (χ3v) is 5.07. The van der Waals surface area contributed by atoms with Crippen molar-refractivity contribution in [3.63, 3.8) is 0 Å². The van der Waals surface area contributed by atoms with Crippen LogP contribution in [-0.2, 0) is 9.59 Å². The van der Waals surface area contributed by atoms with Crippen molar-refractivity contribution in [3.8, 4) is 0 Å². The number of hydrogen-bond donors (Lipinski definition) is 1. The quantitative estimate of drug-likeness (QED) is 0.908. The van der Waals surface area contributed by atoms with Crippen LogP contribution in [0.1, 0.15) is 56.6 Å². The number of carbonyl (C=O) groups is 2. The molecule has 2 aliphatic rings. The Morgan fingerprint density at radius 1 is 1.13 bits per heavy atom. The first-order valence-electron chi connectivity index (χ1n) is 8.87. The van der Waals surface area contributed by atoms with Crippen molar-refractivity contribution in [2.24, 2.45) is 5.92 Å². The van der Waals surface area contributed by atoms with Gasteiger partial charge in [0, 0.05) is 25.4 Å². The second-order valence-corrected chi connectivity index (χ2v) is 6.75. The first-order valence-corrected chi connectivity index (χ1v) is 8.87.